The number of nitrogens with two attached hydrogens (primary N) is 1. The number of fused-ring (bicyclic) bond motifs is 1. The summed E-state index contributed by atoms with van der Waals surface area (Å²) in [5, 5.41) is 0. The van der Waals surface area contributed by atoms with Crippen molar-refractivity contribution in [2.24, 2.45) is 10.7 Å². The van der Waals surface area contributed by atoms with Gasteiger partial charge < -0.3 is 10.6 Å². The van der Waals surface area contributed by atoms with Gasteiger partial charge in [-0.1, -0.05) is 0 Å². The van der Waals surface area contributed by atoms with Crippen LogP contribution >= 0.6 is 0 Å². The molecular formula is C9H17N3. The summed E-state index contributed by atoms with van der Waals surface area (Å²) in [5.41, 5.74) is 5.92. The highest BCUT2D eigenvalue weighted by Crippen LogP contribution is 2.28. The van der Waals surface area contributed by atoms with Crippen molar-refractivity contribution in [1.29, 1.82) is 0 Å². The van der Waals surface area contributed by atoms with Gasteiger partial charge in [-0.2, -0.15) is 0 Å². The second-order valence-electron chi connectivity index (χ2n) is 4.00. The molecule has 0 aromatic carbocycles. The Morgan fingerprint density at radius 3 is 3.00 bits per heavy atom. The Bertz CT molecular complexity index is 212. The maximum absolute atomic E-state index is 5.92. The smallest absolute Gasteiger partial charge is 0.0962 e. The summed E-state index contributed by atoms with van der Waals surface area (Å²) in [6.45, 7) is 2.09. The van der Waals surface area contributed by atoms with Crippen LogP contribution in [0.15, 0.2) is 4.99 Å². The summed E-state index contributed by atoms with van der Waals surface area (Å²) >= 11 is 0. The van der Waals surface area contributed by atoms with Gasteiger partial charge in [0.2, 0.25) is 0 Å². The van der Waals surface area contributed by atoms with E-state index in [2.05, 4.69) is 23.9 Å². The fourth-order valence-electron chi connectivity index (χ4n) is 2.30. The lowest BCUT2D eigenvalue weighted by Gasteiger charge is -2.32. The lowest BCUT2D eigenvalue weighted by molar-refractivity contribution is 0.254. The first-order chi connectivity index (χ1) is 5.68. The first-order valence-corrected chi connectivity index (χ1v) is 4.71. The van der Waals surface area contributed by atoms with E-state index in [1.807, 2.05) is 0 Å². The fraction of sp³-hybridized carbons (Fsp3) is 0.889. The second-order valence-corrected chi connectivity index (χ2v) is 4.00. The maximum atomic E-state index is 5.92. The molecular weight excluding hydrogens is 150 g/mol. The Morgan fingerprint density at radius 2 is 2.25 bits per heavy atom. The van der Waals surface area contributed by atoms with Crippen molar-refractivity contribution in [3.63, 3.8) is 0 Å². The average Bonchev–Trinajstić information content (AvgIpc) is 2.31. The highest BCUT2D eigenvalue weighted by molar-refractivity contribution is 5.81. The Balaban J connectivity index is 2.11. The molecule has 1 fully saturated rings. The van der Waals surface area contributed by atoms with Gasteiger partial charge in [0.25, 0.3) is 0 Å². The zero-order chi connectivity index (χ0) is 8.72. The van der Waals surface area contributed by atoms with E-state index in [1.165, 1.54) is 12.3 Å². The van der Waals surface area contributed by atoms with Crippen LogP contribution < -0.4 is 5.73 Å². The van der Waals surface area contributed by atoms with Crippen molar-refractivity contribution in [2.45, 2.75) is 44.3 Å². The monoisotopic (exact) mass is 167 g/mol. The quantitative estimate of drug-likeness (QED) is 0.574. The molecule has 68 valence electrons. The molecule has 0 amide bonds. The molecule has 2 N–H and O–H groups in total. The number of amidine groups is 1. The Labute approximate surface area is 73.6 Å². The van der Waals surface area contributed by atoms with Crippen LogP contribution in [0.3, 0.4) is 0 Å². The topological polar surface area (TPSA) is 41.6 Å². The van der Waals surface area contributed by atoms with Crippen LogP contribution in [0, 0.1) is 0 Å². The van der Waals surface area contributed by atoms with Crippen LogP contribution in [0.2, 0.25) is 0 Å². The second kappa shape index (κ2) is 2.73. The summed E-state index contributed by atoms with van der Waals surface area (Å²) in [7, 11) is 2.13. The highest BCUT2D eigenvalue weighted by Gasteiger charge is 2.36. The maximum Gasteiger partial charge on any atom is 0.0962 e. The van der Waals surface area contributed by atoms with Crippen LogP contribution in [0.25, 0.3) is 0 Å². The van der Waals surface area contributed by atoms with Gasteiger partial charge in [0.15, 0.2) is 0 Å². The molecule has 1 saturated carbocycles. The average molecular weight is 167 g/mol. The first kappa shape index (κ1) is 8.05. The van der Waals surface area contributed by atoms with E-state index in [0.29, 0.717) is 18.1 Å². The van der Waals surface area contributed by atoms with E-state index in [-0.39, 0.29) is 0 Å². The molecule has 3 nitrogen and oxygen atoms in total. The van der Waals surface area contributed by atoms with E-state index < -0.39 is 0 Å². The zero-order valence-corrected chi connectivity index (χ0v) is 7.83. The van der Waals surface area contributed by atoms with E-state index in [9.17, 15) is 0 Å². The zero-order valence-electron chi connectivity index (χ0n) is 7.83. The van der Waals surface area contributed by atoms with Gasteiger partial charge in [-0.3, -0.25) is 4.99 Å². The number of likely N-dealkylation sites (N-methyl/N-ethyl adjacent to an activating group) is 1. The van der Waals surface area contributed by atoms with Crippen molar-refractivity contribution in [2.75, 3.05) is 7.05 Å². The number of nitrogens with zero attached hydrogens (tertiary/aromatic N) is 2. The third-order valence-corrected chi connectivity index (χ3v) is 3.18. The van der Waals surface area contributed by atoms with Gasteiger partial charge in [0.1, 0.15) is 0 Å². The van der Waals surface area contributed by atoms with Crippen molar-refractivity contribution >= 4 is 5.84 Å². The summed E-state index contributed by atoms with van der Waals surface area (Å²) < 4.78 is 0. The highest BCUT2D eigenvalue weighted by atomic mass is 15.3. The van der Waals surface area contributed by atoms with Gasteiger partial charge >= 0.3 is 0 Å². The number of rotatable bonds is 0. The van der Waals surface area contributed by atoms with E-state index >= 15 is 0 Å². The van der Waals surface area contributed by atoms with E-state index in [4.69, 9.17) is 5.73 Å². The molecule has 0 spiro atoms. The van der Waals surface area contributed by atoms with Gasteiger partial charge in [-0.25, -0.2) is 0 Å². The molecule has 2 aliphatic rings. The Hall–Kier alpha value is -0.570. The van der Waals surface area contributed by atoms with Crippen molar-refractivity contribution in [3.8, 4) is 0 Å². The molecule has 0 aromatic rings. The molecule has 3 unspecified atom stereocenters. The predicted octanol–water partition coefficient (Wildman–Crippen LogP) is 0.599. The molecule has 1 aliphatic carbocycles. The molecule has 0 radical (unpaired) electrons. The third kappa shape index (κ3) is 1.12. The minimum absolute atomic E-state index is 0.398. The molecule has 0 saturated heterocycles. The molecule has 12 heavy (non-hydrogen) atoms. The predicted molar refractivity (Wildman–Crippen MR) is 50.3 cm³/mol. The summed E-state index contributed by atoms with van der Waals surface area (Å²) in [6.07, 6.45) is 3.43. The molecule has 0 bridgehead atoms. The normalized spacial score (nSPS) is 41.1. The molecule has 3 heteroatoms. The van der Waals surface area contributed by atoms with Gasteiger partial charge in [0.05, 0.1) is 17.9 Å². The fourth-order valence-corrected chi connectivity index (χ4v) is 2.30. The molecule has 1 aliphatic heterocycles. The summed E-state index contributed by atoms with van der Waals surface area (Å²) in [4.78, 5) is 6.89. The molecule has 1 heterocycles. The molecule has 0 aromatic heterocycles. The van der Waals surface area contributed by atoms with Crippen LogP contribution in [-0.2, 0) is 0 Å². The minimum atomic E-state index is 0.398. The van der Waals surface area contributed by atoms with Gasteiger partial charge in [-0.05, 0) is 26.2 Å². The lowest BCUT2D eigenvalue weighted by atomic mass is 9.88. The van der Waals surface area contributed by atoms with Crippen LogP contribution in [0.4, 0.5) is 0 Å². The third-order valence-electron chi connectivity index (χ3n) is 3.18. The lowest BCUT2D eigenvalue weighted by Crippen LogP contribution is -2.44. The SMILES string of the molecule is CC1=NC2CCC(N)CC2N1C. The number of hydrogen-bond donors (Lipinski definition) is 1. The van der Waals surface area contributed by atoms with E-state index in [0.717, 1.165) is 12.8 Å². The van der Waals surface area contributed by atoms with Gasteiger partial charge in [-0.15, -0.1) is 0 Å². The van der Waals surface area contributed by atoms with Crippen molar-refractivity contribution < 1.29 is 0 Å². The van der Waals surface area contributed by atoms with Crippen LogP contribution in [0.1, 0.15) is 26.2 Å². The van der Waals surface area contributed by atoms with Crippen LogP contribution in [0.5, 0.6) is 0 Å². The van der Waals surface area contributed by atoms with Crippen LogP contribution in [-0.4, -0.2) is 35.9 Å². The number of hydrogen-bond acceptors (Lipinski definition) is 3. The standard InChI is InChI=1S/C9H17N3/c1-6-11-8-4-3-7(10)5-9(8)12(6)2/h7-9H,3-5,10H2,1-2H3. The first-order valence-electron chi connectivity index (χ1n) is 4.71. The largest absolute Gasteiger partial charge is 0.358 e. The van der Waals surface area contributed by atoms with E-state index in [1.54, 1.807) is 0 Å². The van der Waals surface area contributed by atoms with Crippen molar-refractivity contribution in [1.82, 2.24) is 4.90 Å². The summed E-state index contributed by atoms with van der Waals surface area (Å²) in [6, 6.07) is 1.53. The number of aliphatic imine (C=N–C) groups is 1. The van der Waals surface area contributed by atoms with Gasteiger partial charge in [0, 0.05) is 13.1 Å². The molecule has 2 rings (SSSR count). The minimum Gasteiger partial charge on any atom is -0.358 e. The Kier molecular flexibility index (Phi) is 1.83. The molecule has 3 atom stereocenters. The Morgan fingerprint density at radius 1 is 1.50 bits per heavy atom. The van der Waals surface area contributed by atoms with Crippen molar-refractivity contribution in [3.05, 3.63) is 0 Å². The summed E-state index contributed by atoms with van der Waals surface area (Å²) in [5.74, 6) is 1.18.